The number of anilines is 2. The van der Waals surface area contributed by atoms with E-state index >= 15 is 0 Å². The van der Waals surface area contributed by atoms with E-state index in [2.05, 4.69) is 34.6 Å². The molecular weight excluding hydrogens is 447 g/mol. The first-order chi connectivity index (χ1) is 15.5. The van der Waals surface area contributed by atoms with E-state index in [4.69, 9.17) is 23.2 Å². The standard InChI is InChI=1S/C24H30Cl2N4O2/c1-16(21-8-7-17(25)12-22(21)26)28-18-4-2-5-19(13-18)29-10-11-30(20(14-29)15-31)24(32)23-6-3-9-27-23/h2,4-5,7-8,12-13,16,20,23,27-28,31H,3,6,9-11,14-15H2,1H3/t16?,20?,23-/m1/s1. The first-order valence-electron chi connectivity index (χ1n) is 11.2. The van der Waals surface area contributed by atoms with Crippen molar-refractivity contribution in [2.24, 2.45) is 0 Å². The number of benzene rings is 2. The maximum atomic E-state index is 12.9. The quantitative estimate of drug-likeness (QED) is 0.589. The van der Waals surface area contributed by atoms with E-state index in [1.165, 1.54) is 0 Å². The average molecular weight is 477 g/mol. The van der Waals surface area contributed by atoms with Crippen LogP contribution in [0.1, 0.15) is 31.4 Å². The van der Waals surface area contributed by atoms with Crippen molar-refractivity contribution in [3.63, 3.8) is 0 Å². The highest BCUT2D eigenvalue weighted by atomic mass is 35.5. The molecule has 0 bridgehead atoms. The molecule has 2 heterocycles. The van der Waals surface area contributed by atoms with Crippen LogP contribution in [-0.2, 0) is 4.79 Å². The van der Waals surface area contributed by atoms with Crippen LogP contribution in [-0.4, -0.2) is 60.8 Å². The van der Waals surface area contributed by atoms with E-state index in [-0.39, 0.29) is 30.6 Å². The van der Waals surface area contributed by atoms with Gasteiger partial charge in [0.15, 0.2) is 0 Å². The van der Waals surface area contributed by atoms with Gasteiger partial charge < -0.3 is 25.5 Å². The van der Waals surface area contributed by atoms with Gasteiger partial charge in [0.2, 0.25) is 5.91 Å². The molecule has 2 aliphatic heterocycles. The van der Waals surface area contributed by atoms with Gasteiger partial charge in [-0.2, -0.15) is 0 Å². The van der Waals surface area contributed by atoms with Gasteiger partial charge >= 0.3 is 0 Å². The normalized spacial score (nSPS) is 22.1. The number of piperazine rings is 1. The van der Waals surface area contributed by atoms with Crippen LogP contribution in [0.4, 0.5) is 11.4 Å². The van der Waals surface area contributed by atoms with E-state index < -0.39 is 0 Å². The summed E-state index contributed by atoms with van der Waals surface area (Å²) in [5.41, 5.74) is 3.03. The Morgan fingerprint density at radius 1 is 1.25 bits per heavy atom. The molecule has 32 heavy (non-hydrogen) atoms. The molecule has 172 valence electrons. The minimum atomic E-state index is -0.206. The van der Waals surface area contributed by atoms with Crippen molar-refractivity contribution < 1.29 is 9.90 Å². The SMILES string of the molecule is CC(Nc1cccc(N2CCN(C(=O)[C@H]3CCCN3)C(CO)C2)c1)c1ccc(Cl)cc1Cl. The summed E-state index contributed by atoms with van der Waals surface area (Å²) < 4.78 is 0. The van der Waals surface area contributed by atoms with Crippen molar-refractivity contribution in [1.82, 2.24) is 10.2 Å². The highest BCUT2D eigenvalue weighted by Gasteiger charge is 2.34. The van der Waals surface area contributed by atoms with Gasteiger partial charge in [-0.25, -0.2) is 0 Å². The second-order valence-corrected chi connectivity index (χ2v) is 9.39. The zero-order chi connectivity index (χ0) is 22.7. The maximum Gasteiger partial charge on any atom is 0.240 e. The van der Waals surface area contributed by atoms with Crippen molar-refractivity contribution >= 4 is 40.5 Å². The fourth-order valence-electron chi connectivity index (χ4n) is 4.60. The lowest BCUT2D eigenvalue weighted by Crippen LogP contribution is -2.59. The van der Waals surface area contributed by atoms with Crippen molar-refractivity contribution in [2.75, 3.05) is 43.0 Å². The molecule has 0 aromatic heterocycles. The van der Waals surface area contributed by atoms with Crippen molar-refractivity contribution in [3.8, 4) is 0 Å². The van der Waals surface area contributed by atoms with E-state index in [1.807, 2.05) is 29.2 Å². The van der Waals surface area contributed by atoms with Crippen molar-refractivity contribution in [1.29, 1.82) is 0 Å². The van der Waals surface area contributed by atoms with Crippen molar-refractivity contribution in [2.45, 2.75) is 37.9 Å². The lowest BCUT2D eigenvalue weighted by Gasteiger charge is -2.42. The topological polar surface area (TPSA) is 67.8 Å². The van der Waals surface area contributed by atoms with Crippen LogP contribution in [0.15, 0.2) is 42.5 Å². The number of aliphatic hydroxyl groups excluding tert-OH is 1. The van der Waals surface area contributed by atoms with Gasteiger partial charge in [0.05, 0.1) is 18.7 Å². The Morgan fingerprint density at radius 3 is 2.81 bits per heavy atom. The minimum absolute atomic E-state index is 0.00795. The predicted molar refractivity (Wildman–Crippen MR) is 131 cm³/mol. The van der Waals surface area contributed by atoms with Gasteiger partial charge in [0.1, 0.15) is 0 Å². The third-order valence-corrected chi connectivity index (χ3v) is 6.92. The summed E-state index contributed by atoms with van der Waals surface area (Å²) in [7, 11) is 0. The summed E-state index contributed by atoms with van der Waals surface area (Å²) in [5, 5.41) is 18.0. The summed E-state index contributed by atoms with van der Waals surface area (Å²) in [6.07, 6.45) is 1.90. The van der Waals surface area contributed by atoms with Crippen LogP contribution < -0.4 is 15.5 Å². The fraction of sp³-hybridized carbons (Fsp3) is 0.458. The average Bonchev–Trinajstić information content (AvgIpc) is 3.33. The lowest BCUT2D eigenvalue weighted by molar-refractivity contribution is -0.136. The summed E-state index contributed by atoms with van der Waals surface area (Å²) in [6, 6.07) is 13.4. The maximum absolute atomic E-state index is 12.9. The number of hydrogen-bond acceptors (Lipinski definition) is 5. The molecule has 0 radical (unpaired) electrons. The second kappa shape index (κ2) is 10.3. The van der Waals surface area contributed by atoms with Gasteiger partial charge in [0, 0.05) is 47.1 Å². The van der Waals surface area contributed by atoms with Crippen molar-refractivity contribution in [3.05, 3.63) is 58.1 Å². The lowest BCUT2D eigenvalue weighted by atomic mass is 10.1. The first-order valence-corrected chi connectivity index (χ1v) is 11.9. The molecule has 2 aromatic carbocycles. The van der Waals surface area contributed by atoms with Gasteiger partial charge in [-0.05, 0) is 62.2 Å². The Hall–Kier alpha value is -1.99. The molecule has 2 saturated heterocycles. The minimum Gasteiger partial charge on any atom is -0.394 e. The predicted octanol–water partition coefficient (Wildman–Crippen LogP) is 3.93. The summed E-state index contributed by atoms with van der Waals surface area (Å²) >= 11 is 12.4. The number of hydrogen-bond donors (Lipinski definition) is 3. The highest BCUT2D eigenvalue weighted by Crippen LogP contribution is 2.30. The molecule has 8 heteroatoms. The van der Waals surface area contributed by atoms with E-state index in [0.29, 0.717) is 23.1 Å². The summed E-state index contributed by atoms with van der Waals surface area (Å²) in [6.45, 7) is 4.86. The Morgan fingerprint density at radius 2 is 2.09 bits per heavy atom. The molecule has 0 saturated carbocycles. The zero-order valence-electron chi connectivity index (χ0n) is 18.2. The molecule has 6 nitrogen and oxygen atoms in total. The molecule has 2 unspecified atom stereocenters. The Labute approximate surface area is 199 Å². The van der Waals surface area contributed by atoms with Crippen LogP contribution in [0.2, 0.25) is 10.0 Å². The number of nitrogens with one attached hydrogen (secondary N) is 2. The van der Waals surface area contributed by atoms with E-state index in [1.54, 1.807) is 6.07 Å². The number of aliphatic hydroxyl groups is 1. The van der Waals surface area contributed by atoms with Gasteiger partial charge in [-0.1, -0.05) is 35.3 Å². The number of halogens is 2. The van der Waals surface area contributed by atoms with Crippen LogP contribution >= 0.6 is 23.2 Å². The summed E-state index contributed by atoms with van der Waals surface area (Å²) in [5.74, 6) is 0.116. The van der Waals surface area contributed by atoms with Crippen LogP contribution in [0.5, 0.6) is 0 Å². The van der Waals surface area contributed by atoms with Gasteiger partial charge in [0.25, 0.3) is 0 Å². The molecule has 3 atom stereocenters. The molecule has 4 rings (SSSR count). The zero-order valence-corrected chi connectivity index (χ0v) is 19.7. The molecule has 0 aliphatic carbocycles. The largest absolute Gasteiger partial charge is 0.394 e. The smallest absolute Gasteiger partial charge is 0.240 e. The molecule has 0 spiro atoms. The molecule has 2 aliphatic rings. The highest BCUT2D eigenvalue weighted by molar-refractivity contribution is 6.35. The van der Waals surface area contributed by atoms with E-state index in [9.17, 15) is 9.90 Å². The Bertz CT molecular complexity index is 951. The number of carbonyl (C=O) groups is 1. The molecule has 3 N–H and O–H groups in total. The number of carbonyl (C=O) groups excluding carboxylic acids is 1. The number of amides is 1. The third-order valence-electron chi connectivity index (χ3n) is 6.36. The van der Waals surface area contributed by atoms with Crippen LogP contribution in [0.25, 0.3) is 0 Å². The molecule has 2 aromatic rings. The van der Waals surface area contributed by atoms with Gasteiger partial charge in [-0.3, -0.25) is 4.79 Å². The van der Waals surface area contributed by atoms with Crippen LogP contribution in [0.3, 0.4) is 0 Å². The second-order valence-electron chi connectivity index (χ2n) is 8.55. The fourth-order valence-corrected chi connectivity index (χ4v) is 5.18. The number of rotatable bonds is 6. The van der Waals surface area contributed by atoms with E-state index in [0.717, 1.165) is 42.9 Å². The molecule has 2 fully saturated rings. The third kappa shape index (κ3) is 5.15. The molecule has 1 amide bonds. The first kappa shape index (κ1) is 23.2. The van der Waals surface area contributed by atoms with Crippen LogP contribution in [0, 0.1) is 0 Å². The summed E-state index contributed by atoms with van der Waals surface area (Å²) in [4.78, 5) is 17.0. The Kier molecular flexibility index (Phi) is 7.46. The monoisotopic (exact) mass is 476 g/mol. The number of nitrogens with zero attached hydrogens (tertiary/aromatic N) is 2. The molecular formula is C24H30Cl2N4O2. The van der Waals surface area contributed by atoms with Gasteiger partial charge in [-0.15, -0.1) is 0 Å². The Balaban J connectivity index is 1.43.